The fraction of sp³-hybridized carbons (Fsp3) is 0.800. The van der Waals surface area contributed by atoms with Crippen molar-refractivity contribution in [1.82, 2.24) is 0 Å². The number of nitrogens with zero attached hydrogens (tertiary/aromatic N) is 1. The second-order valence-corrected chi connectivity index (χ2v) is 3.96. The number of ketones is 1. The SMILES string of the molecule is CC(=O)CC=N[C@@H]1O[C@H](CO)[C@@H](O)[C@H](O)[C@H]1O. The topological polar surface area (TPSA) is 120 Å². The summed E-state index contributed by atoms with van der Waals surface area (Å²) >= 11 is 0. The molecule has 1 heterocycles. The number of ether oxygens (including phenoxy) is 1. The van der Waals surface area contributed by atoms with E-state index in [9.17, 15) is 20.1 Å². The van der Waals surface area contributed by atoms with Crippen molar-refractivity contribution in [3.8, 4) is 0 Å². The van der Waals surface area contributed by atoms with Crippen LogP contribution in [0, 0.1) is 0 Å². The molecule has 0 spiro atoms. The molecule has 17 heavy (non-hydrogen) atoms. The molecule has 1 aliphatic rings. The Morgan fingerprint density at radius 2 is 1.94 bits per heavy atom. The second-order valence-electron chi connectivity index (χ2n) is 3.96. The number of aliphatic hydroxyl groups excluding tert-OH is 4. The van der Waals surface area contributed by atoms with Crippen molar-refractivity contribution in [1.29, 1.82) is 0 Å². The van der Waals surface area contributed by atoms with Gasteiger partial charge in [0.15, 0.2) is 6.23 Å². The predicted molar refractivity (Wildman–Crippen MR) is 57.6 cm³/mol. The highest BCUT2D eigenvalue weighted by molar-refractivity contribution is 5.89. The fourth-order valence-corrected chi connectivity index (χ4v) is 1.49. The van der Waals surface area contributed by atoms with Gasteiger partial charge in [-0.15, -0.1) is 0 Å². The van der Waals surface area contributed by atoms with E-state index in [0.29, 0.717) is 0 Å². The van der Waals surface area contributed by atoms with Crippen molar-refractivity contribution in [2.75, 3.05) is 6.61 Å². The smallest absolute Gasteiger partial charge is 0.176 e. The van der Waals surface area contributed by atoms with E-state index >= 15 is 0 Å². The van der Waals surface area contributed by atoms with Crippen LogP contribution in [-0.2, 0) is 9.53 Å². The average molecular weight is 247 g/mol. The van der Waals surface area contributed by atoms with Gasteiger partial charge in [-0.05, 0) is 6.92 Å². The van der Waals surface area contributed by atoms with Crippen LogP contribution in [0.1, 0.15) is 13.3 Å². The molecule has 0 radical (unpaired) electrons. The van der Waals surface area contributed by atoms with Crippen molar-refractivity contribution in [2.24, 2.45) is 4.99 Å². The number of carbonyl (C=O) groups is 1. The Hall–Kier alpha value is -0.860. The number of hydrogen-bond donors (Lipinski definition) is 4. The number of aliphatic hydroxyl groups is 4. The number of hydrogen-bond acceptors (Lipinski definition) is 7. The van der Waals surface area contributed by atoms with Gasteiger partial charge in [0.1, 0.15) is 30.2 Å². The van der Waals surface area contributed by atoms with E-state index in [0.717, 1.165) is 0 Å². The average Bonchev–Trinajstić information content (AvgIpc) is 2.29. The van der Waals surface area contributed by atoms with E-state index in [4.69, 9.17) is 9.84 Å². The summed E-state index contributed by atoms with van der Waals surface area (Å²) in [4.78, 5) is 14.5. The van der Waals surface area contributed by atoms with E-state index in [1.165, 1.54) is 13.1 Å². The van der Waals surface area contributed by atoms with Crippen LogP contribution in [0.25, 0.3) is 0 Å². The first-order chi connectivity index (χ1) is 7.97. The summed E-state index contributed by atoms with van der Waals surface area (Å²) in [7, 11) is 0. The highest BCUT2D eigenvalue weighted by atomic mass is 16.6. The lowest BCUT2D eigenvalue weighted by Crippen LogP contribution is -2.57. The molecule has 5 atom stereocenters. The van der Waals surface area contributed by atoms with Crippen molar-refractivity contribution in [3.63, 3.8) is 0 Å². The van der Waals surface area contributed by atoms with Crippen molar-refractivity contribution in [3.05, 3.63) is 0 Å². The summed E-state index contributed by atoms with van der Waals surface area (Å²) in [6.45, 7) is 0.892. The molecule has 0 aromatic heterocycles. The molecule has 0 unspecified atom stereocenters. The molecule has 7 nitrogen and oxygen atoms in total. The molecule has 0 aromatic rings. The van der Waals surface area contributed by atoms with Gasteiger partial charge in [0, 0.05) is 12.6 Å². The first-order valence-corrected chi connectivity index (χ1v) is 5.29. The van der Waals surface area contributed by atoms with Crippen molar-refractivity contribution in [2.45, 2.75) is 44.0 Å². The third kappa shape index (κ3) is 3.55. The minimum atomic E-state index is -1.44. The first kappa shape index (κ1) is 14.2. The van der Waals surface area contributed by atoms with Crippen LogP contribution in [-0.4, -0.2) is 69.7 Å². The van der Waals surface area contributed by atoms with Gasteiger partial charge in [0.2, 0.25) is 0 Å². The summed E-state index contributed by atoms with van der Waals surface area (Å²) in [5.74, 6) is -0.0988. The molecule has 98 valence electrons. The molecule has 0 bridgehead atoms. The maximum absolute atomic E-state index is 10.7. The maximum Gasteiger partial charge on any atom is 0.176 e. The van der Waals surface area contributed by atoms with Gasteiger partial charge in [-0.3, -0.25) is 9.79 Å². The van der Waals surface area contributed by atoms with Crippen LogP contribution in [0.15, 0.2) is 4.99 Å². The van der Waals surface area contributed by atoms with Crippen LogP contribution < -0.4 is 0 Å². The van der Waals surface area contributed by atoms with Gasteiger partial charge < -0.3 is 25.2 Å². The molecular weight excluding hydrogens is 230 g/mol. The van der Waals surface area contributed by atoms with E-state index in [-0.39, 0.29) is 12.2 Å². The monoisotopic (exact) mass is 247 g/mol. The maximum atomic E-state index is 10.7. The normalized spacial score (nSPS) is 38.5. The standard InChI is InChI=1S/C10H17NO6/c1-5(13)2-3-11-10-9(16)8(15)7(14)6(4-12)17-10/h3,6-10,12,14-16H,2,4H2,1H3/t6-,7-,8+,9-,10-/m1/s1. The molecular formula is C10H17NO6. The van der Waals surface area contributed by atoms with Crippen LogP contribution in [0.5, 0.6) is 0 Å². The lowest BCUT2D eigenvalue weighted by Gasteiger charge is -2.38. The van der Waals surface area contributed by atoms with Gasteiger partial charge in [0.25, 0.3) is 0 Å². The summed E-state index contributed by atoms with van der Waals surface area (Å²) in [6.07, 6.45) is -4.94. The molecule has 1 fully saturated rings. The summed E-state index contributed by atoms with van der Waals surface area (Å²) in [6, 6.07) is 0. The number of rotatable bonds is 4. The lowest BCUT2D eigenvalue weighted by atomic mass is 9.99. The molecule has 0 aliphatic carbocycles. The Morgan fingerprint density at radius 1 is 1.29 bits per heavy atom. The minimum absolute atomic E-state index is 0.0923. The van der Waals surface area contributed by atoms with Crippen molar-refractivity contribution < 1.29 is 30.0 Å². The minimum Gasteiger partial charge on any atom is -0.394 e. The summed E-state index contributed by atoms with van der Waals surface area (Å²) < 4.78 is 5.09. The number of aliphatic imine (C=N–C) groups is 1. The predicted octanol–water partition coefficient (Wildman–Crippen LogP) is -2.16. The zero-order valence-electron chi connectivity index (χ0n) is 9.43. The zero-order valence-corrected chi connectivity index (χ0v) is 9.43. The molecule has 7 heteroatoms. The van der Waals surface area contributed by atoms with Gasteiger partial charge in [-0.25, -0.2) is 0 Å². The Morgan fingerprint density at radius 3 is 2.47 bits per heavy atom. The number of carbonyl (C=O) groups excluding carboxylic acids is 1. The van der Waals surface area contributed by atoms with E-state index in [1.54, 1.807) is 0 Å². The molecule has 0 aromatic carbocycles. The lowest BCUT2D eigenvalue weighted by molar-refractivity contribution is -0.226. The summed E-state index contributed by atoms with van der Waals surface area (Å²) in [5.41, 5.74) is 0. The van der Waals surface area contributed by atoms with Crippen LogP contribution >= 0.6 is 0 Å². The third-order valence-electron chi connectivity index (χ3n) is 2.50. The Bertz CT molecular complexity index is 293. The molecule has 1 saturated heterocycles. The zero-order chi connectivity index (χ0) is 13.0. The Kier molecular flexibility index (Phi) is 5.16. The molecule has 4 N–H and O–H groups in total. The largest absolute Gasteiger partial charge is 0.394 e. The molecule has 1 aliphatic heterocycles. The van der Waals surface area contributed by atoms with Crippen molar-refractivity contribution >= 4 is 12.0 Å². The fourth-order valence-electron chi connectivity index (χ4n) is 1.49. The summed E-state index contributed by atoms with van der Waals surface area (Å²) in [5, 5.41) is 37.4. The van der Waals surface area contributed by atoms with Crippen LogP contribution in [0.2, 0.25) is 0 Å². The Labute approximate surface area is 98.4 Å². The molecule has 1 rings (SSSR count). The van der Waals surface area contributed by atoms with Gasteiger partial charge in [-0.1, -0.05) is 0 Å². The van der Waals surface area contributed by atoms with Gasteiger partial charge in [-0.2, -0.15) is 0 Å². The number of Topliss-reactive ketones (excluding diaryl/α,β-unsaturated/α-hetero) is 1. The molecule has 0 saturated carbocycles. The quantitative estimate of drug-likeness (QED) is 0.420. The van der Waals surface area contributed by atoms with Crippen LogP contribution in [0.3, 0.4) is 0 Å². The highest BCUT2D eigenvalue weighted by Gasteiger charge is 2.43. The van der Waals surface area contributed by atoms with Gasteiger partial charge in [0.05, 0.1) is 6.61 Å². The highest BCUT2D eigenvalue weighted by Crippen LogP contribution is 2.21. The van der Waals surface area contributed by atoms with E-state index in [2.05, 4.69) is 4.99 Å². The van der Waals surface area contributed by atoms with Crippen LogP contribution in [0.4, 0.5) is 0 Å². The van der Waals surface area contributed by atoms with E-state index < -0.39 is 37.3 Å². The Balaban J connectivity index is 2.65. The second kappa shape index (κ2) is 6.18. The van der Waals surface area contributed by atoms with E-state index in [1.807, 2.05) is 0 Å². The third-order valence-corrected chi connectivity index (χ3v) is 2.50. The first-order valence-electron chi connectivity index (χ1n) is 5.29. The van der Waals surface area contributed by atoms with Gasteiger partial charge >= 0.3 is 0 Å². The molecule has 0 amide bonds.